The van der Waals surface area contributed by atoms with Gasteiger partial charge in [0.15, 0.2) is 0 Å². The number of hydroxylamine groups is 2. The Morgan fingerprint density at radius 1 is 1.03 bits per heavy atom. The number of halogens is 5. The van der Waals surface area contributed by atoms with Gasteiger partial charge in [0.25, 0.3) is 11.8 Å². The number of alkyl halides is 5. The third-order valence-corrected chi connectivity index (χ3v) is 6.60. The van der Waals surface area contributed by atoms with E-state index in [1.54, 1.807) is 24.3 Å². The fraction of sp³-hybridized carbons (Fsp3) is 0.480. The van der Waals surface area contributed by atoms with Crippen LogP contribution >= 0.6 is 0 Å². The van der Waals surface area contributed by atoms with Gasteiger partial charge in [-0.25, -0.2) is 13.8 Å². The molecule has 2 saturated heterocycles. The van der Waals surface area contributed by atoms with Gasteiger partial charge in [-0.3, -0.25) is 14.9 Å². The molecule has 1 amide bonds. The highest BCUT2D eigenvalue weighted by Crippen LogP contribution is 2.31. The number of amides is 1. The molecule has 2 aliphatic rings. The molecule has 12 heteroatoms. The topological polar surface area (TPSA) is 71.1 Å². The van der Waals surface area contributed by atoms with Crippen molar-refractivity contribution in [1.29, 1.82) is 0 Å². The Hall–Kier alpha value is -2.96. The highest BCUT2D eigenvalue weighted by atomic mass is 19.4. The minimum Gasteiger partial charge on any atom is -0.371 e. The summed E-state index contributed by atoms with van der Waals surface area (Å²) in [6, 6.07) is 12.8. The fourth-order valence-electron chi connectivity index (χ4n) is 4.42. The summed E-state index contributed by atoms with van der Waals surface area (Å²) in [5, 5.41) is 16.3. The van der Waals surface area contributed by atoms with Crippen LogP contribution in [0.2, 0.25) is 0 Å². The van der Waals surface area contributed by atoms with Crippen LogP contribution in [-0.4, -0.2) is 78.5 Å². The van der Waals surface area contributed by atoms with Crippen LogP contribution in [0.15, 0.2) is 48.5 Å². The average molecular weight is 528 g/mol. The summed E-state index contributed by atoms with van der Waals surface area (Å²) in [6.45, 7) is 0.263. The lowest BCUT2D eigenvalue weighted by Crippen LogP contribution is -2.58. The molecule has 4 rings (SSSR count). The molecule has 0 radical (unpaired) electrons. The Morgan fingerprint density at radius 3 is 2.22 bits per heavy atom. The molecule has 0 aliphatic carbocycles. The lowest BCUT2D eigenvalue weighted by molar-refractivity contribution is -0.175. The number of nitrogens with zero attached hydrogens (tertiary/aromatic N) is 3. The Kier molecular flexibility index (Phi) is 8.20. The second-order valence-corrected chi connectivity index (χ2v) is 9.45. The molecule has 1 unspecified atom stereocenters. The summed E-state index contributed by atoms with van der Waals surface area (Å²) >= 11 is 0. The van der Waals surface area contributed by atoms with E-state index < -0.39 is 24.0 Å². The lowest BCUT2D eigenvalue weighted by atomic mass is 10.1. The number of rotatable bonds is 7. The molecule has 0 spiro atoms. The maximum atomic E-state index is 13.4. The summed E-state index contributed by atoms with van der Waals surface area (Å²) < 4.78 is 65.5. The van der Waals surface area contributed by atoms with Gasteiger partial charge in [0.05, 0.1) is 13.1 Å². The summed E-state index contributed by atoms with van der Waals surface area (Å²) in [5.41, 5.74) is 3.11. The number of hydrogen-bond donors (Lipinski definition) is 3. The van der Waals surface area contributed by atoms with E-state index in [1.807, 2.05) is 29.2 Å². The smallest absolute Gasteiger partial charge is 0.371 e. The maximum absolute atomic E-state index is 13.4. The molecular formula is C25H30F5N5O2. The zero-order valence-corrected chi connectivity index (χ0v) is 20.1. The van der Waals surface area contributed by atoms with Crippen LogP contribution in [0.5, 0.6) is 0 Å². The number of nitrogens with one attached hydrogen (secondary N) is 2. The van der Waals surface area contributed by atoms with Crippen LogP contribution in [-0.2, 0) is 11.3 Å². The average Bonchev–Trinajstić information content (AvgIpc) is 2.85. The van der Waals surface area contributed by atoms with E-state index in [2.05, 4.69) is 10.6 Å². The van der Waals surface area contributed by atoms with Gasteiger partial charge in [-0.15, -0.1) is 0 Å². The van der Waals surface area contributed by atoms with Gasteiger partial charge in [0.1, 0.15) is 6.04 Å². The lowest BCUT2D eigenvalue weighted by Gasteiger charge is -2.34. The Balaban J connectivity index is 1.25. The molecule has 2 heterocycles. The van der Waals surface area contributed by atoms with Crippen LogP contribution in [0.4, 0.5) is 39.0 Å². The molecule has 0 aromatic heterocycles. The standard InChI is InChI=1S/C25H30F5N5O2/c26-24(27)9-12-34(13-10-24)21-7-5-20(6-8-21)32-19-3-1-18(2-4-19)15-35(37)23(36)17-33-14-11-31-22(16-33)25(28,29)30/h1-8,22,31-32,37H,9-17H2. The Bertz CT molecular complexity index is 1040. The van der Waals surface area contributed by atoms with Crippen molar-refractivity contribution >= 4 is 23.0 Å². The van der Waals surface area contributed by atoms with Crippen molar-refractivity contribution in [1.82, 2.24) is 15.3 Å². The zero-order valence-electron chi connectivity index (χ0n) is 20.1. The van der Waals surface area contributed by atoms with Gasteiger partial charge in [0.2, 0.25) is 0 Å². The predicted octanol–water partition coefficient (Wildman–Crippen LogP) is 4.22. The first kappa shape index (κ1) is 27.1. The van der Waals surface area contributed by atoms with Crippen LogP contribution in [0.3, 0.4) is 0 Å². The first-order chi connectivity index (χ1) is 17.5. The molecule has 0 saturated carbocycles. The third-order valence-electron chi connectivity index (χ3n) is 6.60. The monoisotopic (exact) mass is 527 g/mol. The molecule has 2 aliphatic heterocycles. The molecule has 0 bridgehead atoms. The molecule has 2 aromatic rings. The first-order valence-electron chi connectivity index (χ1n) is 12.1. The van der Waals surface area contributed by atoms with Gasteiger partial charge >= 0.3 is 6.18 Å². The van der Waals surface area contributed by atoms with E-state index in [0.29, 0.717) is 23.7 Å². The molecular weight excluding hydrogens is 497 g/mol. The molecule has 202 valence electrons. The predicted molar refractivity (Wildman–Crippen MR) is 129 cm³/mol. The second kappa shape index (κ2) is 11.2. The minimum absolute atomic E-state index is 0.0997. The summed E-state index contributed by atoms with van der Waals surface area (Å²) in [6.07, 6.45) is -4.69. The molecule has 7 nitrogen and oxygen atoms in total. The van der Waals surface area contributed by atoms with Crippen LogP contribution in [0.25, 0.3) is 0 Å². The second-order valence-electron chi connectivity index (χ2n) is 9.45. The van der Waals surface area contributed by atoms with Crippen LogP contribution < -0.4 is 15.5 Å². The van der Waals surface area contributed by atoms with E-state index in [1.165, 1.54) is 4.90 Å². The molecule has 1 atom stereocenters. The summed E-state index contributed by atoms with van der Waals surface area (Å²) in [5.74, 6) is -3.27. The van der Waals surface area contributed by atoms with E-state index in [4.69, 9.17) is 0 Å². The van der Waals surface area contributed by atoms with Crippen molar-refractivity contribution in [3.05, 3.63) is 54.1 Å². The summed E-state index contributed by atoms with van der Waals surface area (Å²) in [4.78, 5) is 15.6. The van der Waals surface area contributed by atoms with Crippen LogP contribution in [0.1, 0.15) is 18.4 Å². The number of hydrogen-bond acceptors (Lipinski definition) is 6. The highest BCUT2D eigenvalue weighted by Gasteiger charge is 2.42. The number of piperazine rings is 1. The van der Waals surface area contributed by atoms with Crippen LogP contribution in [0, 0.1) is 0 Å². The zero-order chi connectivity index (χ0) is 26.6. The van der Waals surface area contributed by atoms with Crippen molar-refractivity contribution in [3.8, 4) is 0 Å². The number of benzene rings is 2. The van der Waals surface area contributed by atoms with Crippen molar-refractivity contribution in [3.63, 3.8) is 0 Å². The van der Waals surface area contributed by atoms with Gasteiger partial charge in [-0.05, 0) is 42.0 Å². The fourth-order valence-corrected chi connectivity index (χ4v) is 4.42. The SMILES string of the molecule is O=C(CN1CCNC(C(F)(F)F)C1)N(O)Cc1ccc(Nc2ccc(N3CCC(F)(F)CC3)cc2)cc1. The van der Waals surface area contributed by atoms with Crippen molar-refractivity contribution in [2.24, 2.45) is 0 Å². The molecule has 2 fully saturated rings. The maximum Gasteiger partial charge on any atom is 0.405 e. The summed E-state index contributed by atoms with van der Waals surface area (Å²) in [7, 11) is 0. The number of anilines is 3. The quantitative estimate of drug-likeness (QED) is 0.285. The van der Waals surface area contributed by atoms with E-state index >= 15 is 0 Å². The third kappa shape index (κ3) is 7.53. The molecule has 37 heavy (non-hydrogen) atoms. The van der Waals surface area contributed by atoms with Gasteiger partial charge in [0, 0.05) is 62.6 Å². The Morgan fingerprint density at radius 2 is 1.62 bits per heavy atom. The Labute approximate surface area is 211 Å². The van der Waals surface area contributed by atoms with E-state index in [9.17, 15) is 32.0 Å². The highest BCUT2D eigenvalue weighted by molar-refractivity contribution is 5.77. The van der Waals surface area contributed by atoms with Crippen molar-refractivity contribution < 1.29 is 32.0 Å². The van der Waals surface area contributed by atoms with Gasteiger partial charge in [-0.2, -0.15) is 13.2 Å². The van der Waals surface area contributed by atoms with Crippen molar-refractivity contribution in [2.45, 2.75) is 37.5 Å². The normalized spacial score (nSPS) is 20.5. The van der Waals surface area contributed by atoms with Crippen molar-refractivity contribution in [2.75, 3.05) is 49.5 Å². The minimum atomic E-state index is -4.40. The number of carbonyl (C=O) groups excluding carboxylic acids is 1. The number of carbonyl (C=O) groups is 1. The van der Waals surface area contributed by atoms with Gasteiger partial charge in [-0.1, -0.05) is 12.1 Å². The largest absolute Gasteiger partial charge is 0.405 e. The van der Waals surface area contributed by atoms with E-state index in [-0.39, 0.29) is 45.6 Å². The van der Waals surface area contributed by atoms with Gasteiger partial charge < -0.3 is 15.5 Å². The number of piperidine rings is 1. The molecule has 3 N–H and O–H groups in total. The molecule has 2 aromatic carbocycles. The first-order valence-corrected chi connectivity index (χ1v) is 12.1. The van der Waals surface area contributed by atoms with E-state index in [0.717, 1.165) is 17.1 Å².